The molecule has 21 heavy (non-hydrogen) atoms. The van der Waals surface area contributed by atoms with Crippen LogP contribution in [0.3, 0.4) is 0 Å². The van der Waals surface area contributed by atoms with Crippen molar-refractivity contribution in [1.82, 2.24) is 9.97 Å². The summed E-state index contributed by atoms with van der Waals surface area (Å²) in [4.78, 5) is 8.46. The summed E-state index contributed by atoms with van der Waals surface area (Å²) < 4.78 is 18.1. The molecule has 0 radical (unpaired) electrons. The number of hydrogen-bond donors (Lipinski definition) is 3. The molecule has 0 bridgehead atoms. The number of nitrogens with zero attached hydrogens (tertiary/aromatic N) is 2. The number of aromatic nitrogens is 2. The highest BCUT2D eigenvalue weighted by molar-refractivity contribution is 5.46. The zero-order valence-electron chi connectivity index (χ0n) is 11.8. The second kappa shape index (κ2) is 7.51. The second-order valence-electron chi connectivity index (χ2n) is 4.44. The molecule has 0 aliphatic carbocycles. The van der Waals surface area contributed by atoms with Crippen molar-refractivity contribution in [3.8, 4) is 0 Å². The van der Waals surface area contributed by atoms with Crippen LogP contribution in [-0.2, 0) is 17.8 Å². The summed E-state index contributed by atoms with van der Waals surface area (Å²) in [6.45, 7) is 0.922. The van der Waals surface area contributed by atoms with Crippen LogP contribution in [0.2, 0.25) is 0 Å². The molecule has 2 aromatic rings. The van der Waals surface area contributed by atoms with Gasteiger partial charge < -0.3 is 15.5 Å². The molecule has 2 rings (SSSR count). The molecule has 0 saturated carbocycles. The minimum Gasteiger partial charge on any atom is -0.377 e. The number of halogens is 1. The van der Waals surface area contributed by atoms with Gasteiger partial charge in [0, 0.05) is 19.7 Å². The number of rotatable bonds is 7. The van der Waals surface area contributed by atoms with E-state index in [1.165, 1.54) is 12.1 Å². The van der Waals surface area contributed by atoms with Gasteiger partial charge in [-0.3, -0.25) is 0 Å². The molecular weight excluding hydrogens is 273 g/mol. The van der Waals surface area contributed by atoms with Crippen molar-refractivity contribution in [3.63, 3.8) is 0 Å². The summed E-state index contributed by atoms with van der Waals surface area (Å²) in [6, 6.07) is 8.23. The van der Waals surface area contributed by atoms with Crippen LogP contribution in [0.1, 0.15) is 11.4 Å². The Balaban J connectivity index is 1.97. The van der Waals surface area contributed by atoms with Crippen molar-refractivity contribution in [1.29, 1.82) is 0 Å². The van der Waals surface area contributed by atoms with Crippen LogP contribution in [0.4, 0.5) is 16.0 Å². The van der Waals surface area contributed by atoms with E-state index in [1.807, 2.05) is 6.07 Å². The fraction of sp³-hybridized carbons (Fsp3) is 0.286. The molecule has 0 aliphatic rings. The summed E-state index contributed by atoms with van der Waals surface area (Å²) in [5.74, 6) is 6.81. The minimum absolute atomic E-state index is 0.230. The van der Waals surface area contributed by atoms with E-state index in [2.05, 4.69) is 20.7 Å². The third kappa shape index (κ3) is 4.66. The molecule has 7 heteroatoms. The molecule has 0 atom stereocenters. The van der Waals surface area contributed by atoms with Gasteiger partial charge in [0.25, 0.3) is 0 Å². The highest BCUT2D eigenvalue weighted by atomic mass is 19.1. The van der Waals surface area contributed by atoms with Gasteiger partial charge in [0.1, 0.15) is 24.1 Å². The predicted molar refractivity (Wildman–Crippen MR) is 79.1 cm³/mol. The van der Waals surface area contributed by atoms with Crippen molar-refractivity contribution in [2.45, 2.75) is 13.0 Å². The second-order valence-corrected chi connectivity index (χ2v) is 4.44. The van der Waals surface area contributed by atoms with E-state index in [9.17, 15) is 4.39 Å². The summed E-state index contributed by atoms with van der Waals surface area (Å²) in [7, 11) is 1.57. The maximum absolute atomic E-state index is 13.1. The van der Waals surface area contributed by atoms with Crippen LogP contribution >= 0.6 is 0 Å². The molecule has 112 valence electrons. The van der Waals surface area contributed by atoms with E-state index in [1.54, 1.807) is 19.2 Å². The van der Waals surface area contributed by atoms with E-state index >= 15 is 0 Å². The molecule has 6 nitrogen and oxygen atoms in total. The topological polar surface area (TPSA) is 85.1 Å². The molecule has 1 heterocycles. The monoisotopic (exact) mass is 291 g/mol. The van der Waals surface area contributed by atoms with Gasteiger partial charge in [-0.2, -0.15) is 0 Å². The lowest BCUT2D eigenvalue weighted by Gasteiger charge is -2.09. The Morgan fingerprint density at radius 2 is 2.05 bits per heavy atom. The van der Waals surface area contributed by atoms with Crippen LogP contribution < -0.4 is 16.6 Å². The number of nitrogens with one attached hydrogen (secondary N) is 2. The highest BCUT2D eigenvalue weighted by Crippen LogP contribution is 2.11. The van der Waals surface area contributed by atoms with E-state index in [-0.39, 0.29) is 5.82 Å². The van der Waals surface area contributed by atoms with Gasteiger partial charge in [0.05, 0.1) is 0 Å². The van der Waals surface area contributed by atoms with Crippen molar-refractivity contribution in [3.05, 3.63) is 47.5 Å². The fourth-order valence-corrected chi connectivity index (χ4v) is 1.88. The predicted octanol–water partition coefficient (Wildman–Crippen LogP) is 1.70. The summed E-state index contributed by atoms with van der Waals surface area (Å²) in [5.41, 5.74) is 3.41. The van der Waals surface area contributed by atoms with E-state index < -0.39 is 0 Å². The molecule has 0 amide bonds. The first kappa shape index (κ1) is 15.1. The first-order valence-corrected chi connectivity index (χ1v) is 6.53. The highest BCUT2D eigenvalue weighted by Gasteiger charge is 2.04. The number of hydrogen-bond acceptors (Lipinski definition) is 6. The standard InChI is InChI=1S/C14H18FN5O/c1-21-9-14-18-12(8-13(19-14)20-16)17-6-5-10-3-2-4-11(15)7-10/h2-4,7-8H,5-6,9,16H2,1H3,(H2,17,18,19,20). The van der Waals surface area contributed by atoms with E-state index in [0.29, 0.717) is 37.0 Å². The number of methoxy groups -OCH3 is 1. The number of nitrogens with two attached hydrogens (primary N) is 1. The summed E-state index contributed by atoms with van der Waals surface area (Å²) >= 11 is 0. The fourth-order valence-electron chi connectivity index (χ4n) is 1.88. The average Bonchev–Trinajstić information content (AvgIpc) is 2.47. The molecule has 0 saturated heterocycles. The Morgan fingerprint density at radius 1 is 1.24 bits per heavy atom. The summed E-state index contributed by atoms with van der Waals surface area (Å²) in [6.07, 6.45) is 0.687. The molecular formula is C14H18FN5O. The average molecular weight is 291 g/mol. The zero-order valence-corrected chi connectivity index (χ0v) is 11.8. The normalized spacial score (nSPS) is 10.4. The van der Waals surface area contributed by atoms with Crippen molar-refractivity contribution in [2.75, 3.05) is 24.4 Å². The van der Waals surface area contributed by atoms with E-state index in [0.717, 1.165) is 5.56 Å². The SMILES string of the molecule is COCc1nc(NN)cc(NCCc2cccc(F)c2)n1. The molecule has 0 unspecified atom stereocenters. The number of ether oxygens (including phenoxy) is 1. The van der Waals surface area contributed by atoms with Crippen LogP contribution in [0.25, 0.3) is 0 Å². The summed E-state index contributed by atoms with van der Waals surface area (Å²) in [5, 5.41) is 3.16. The zero-order chi connectivity index (χ0) is 15.1. The molecule has 4 N–H and O–H groups in total. The van der Waals surface area contributed by atoms with E-state index in [4.69, 9.17) is 10.6 Å². The Kier molecular flexibility index (Phi) is 5.42. The Bertz CT molecular complexity index is 593. The van der Waals surface area contributed by atoms with Crippen LogP contribution in [0.15, 0.2) is 30.3 Å². The van der Waals surface area contributed by atoms with Gasteiger partial charge in [-0.1, -0.05) is 12.1 Å². The third-order valence-corrected chi connectivity index (χ3v) is 2.80. The maximum atomic E-state index is 13.1. The molecule has 0 fully saturated rings. The lowest BCUT2D eigenvalue weighted by molar-refractivity contribution is 0.178. The number of benzene rings is 1. The van der Waals surface area contributed by atoms with Gasteiger partial charge in [0.15, 0.2) is 5.82 Å². The number of hydrazine groups is 1. The lowest BCUT2D eigenvalue weighted by Crippen LogP contribution is -2.13. The largest absolute Gasteiger partial charge is 0.377 e. The molecule has 1 aromatic carbocycles. The quantitative estimate of drug-likeness (QED) is 0.532. The number of anilines is 2. The first-order chi connectivity index (χ1) is 10.2. The maximum Gasteiger partial charge on any atom is 0.158 e. The molecule has 0 spiro atoms. The number of nitrogen functional groups attached to an aromatic ring is 1. The van der Waals surface area contributed by atoms with Crippen molar-refractivity contribution < 1.29 is 9.13 Å². The van der Waals surface area contributed by atoms with Gasteiger partial charge >= 0.3 is 0 Å². The van der Waals surface area contributed by atoms with Gasteiger partial charge in [-0.15, -0.1) is 0 Å². The van der Waals surface area contributed by atoms with Gasteiger partial charge in [-0.25, -0.2) is 20.2 Å². The van der Waals surface area contributed by atoms with Crippen LogP contribution in [-0.4, -0.2) is 23.6 Å². The van der Waals surface area contributed by atoms with Gasteiger partial charge in [-0.05, 0) is 24.1 Å². The smallest absolute Gasteiger partial charge is 0.158 e. The minimum atomic E-state index is -0.230. The lowest BCUT2D eigenvalue weighted by atomic mass is 10.1. The Labute approximate surface area is 122 Å². The van der Waals surface area contributed by atoms with Crippen molar-refractivity contribution >= 4 is 11.6 Å². The third-order valence-electron chi connectivity index (χ3n) is 2.80. The Hall–Kier alpha value is -2.25. The first-order valence-electron chi connectivity index (χ1n) is 6.53. The van der Waals surface area contributed by atoms with Gasteiger partial charge in [0.2, 0.25) is 0 Å². The van der Waals surface area contributed by atoms with Crippen molar-refractivity contribution in [2.24, 2.45) is 5.84 Å². The van der Waals surface area contributed by atoms with Crippen LogP contribution in [0, 0.1) is 5.82 Å². The van der Waals surface area contributed by atoms with Crippen LogP contribution in [0.5, 0.6) is 0 Å². The molecule has 1 aromatic heterocycles. The Morgan fingerprint density at radius 3 is 2.76 bits per heavy atom. The molecule has 0 aliphatic heterocycles.